The van der Waals surface area contributed by atoms with Gasteiger partial charge in [0.05, 0.1) is 5.92 Å². The van der Waals surface area contributed by atoms with Crippen LogP contribution < -0.4 is 5.32 Å². The van der Waals surface area contributed by atoms with E-state index in [1.807, 2.05) is 30.5 Å². The Morgan fingerprint density at radius 2 is 1.75 bits per heavy atom. The van der Waals surface area contributed by atoms with E-state index in [0.717, 1.165) is 17.7 Å². The van der Waals surface area contributed by atoms with Crippen LogP contribution >= 0.6 is 11.8 Å². The molecule has 4 nitrogen and oxygen atoms in total. The van der Waals surface area contributed by atoms with E-state index in [4.69, 9.17) is 5.11 Å². The molecule has 2 N–H and O–H groups in total. The Hall–Kier alpha value is -1.49. The predicted octanol–water partition coefficient (Wildman–Crippen LogP) is 2.78. The lowest BCUT2D eigenvalue weighted by molar-refractivity contribution is -0.142. The number of carbonyl (C=O) groups excluding carboxylic acids is 1. The topological polar surface area (TPSA) is 66.4 Å². The number of carbonyl (C=O) groups is 2. The minimum atomic E-state index is -0.720. The number of hydrogen-bond acceptors (Lipinski definition) is 3. The second kappa shape index (κ2) is 6.79. The first kappa shape index (κ1) is 14.9. The van der Waals surface area contributed by atoms with E-state index in [1.54, 1.807) is 11.8 Å². The molecule has 5 heteroatoms. The van der Waals surface area contributed by atoms with Gasteiger partial charge in [0.25, 0.3) is 5.91 Å². The Balaban J connectivity index is 1.87. The summed E-state index contributed by atoms with van der Waals surface area (Å²) in [4.78, 5) is 24.1. The molecular formula is C15H19NO3S. The van der Waals surface area contributed by atoms with Crippen LogP contribution in [0.15, 0.2) is 29.2 Å². The van der Waals surface area contributed by atoms with E-state index in [0.29, 0.717) is 18.4 Å². The zero-order valence-corrected chi connectivity index (χ0v) is 12.3. The van der Waals surface area contributed by atoms with Gasteiger partial charge in [-0.25, -0.2) is 0 Å². The molecule has 1 aromatic rings. The average molecular weight is 293 g/mol. The summed E-state index contributed by atoms with van der Waals surface area (Å²) >= 11 is 1.64. The van der Waals surface area contributed by atoms with Crippen molar-refractivity contribution in [1.82, 2.24) is 5.32 Å². The van der Waals surface area contributed by atoms with E-state index >= 15 is 0 Å². The molecule has 0 saturated heterocycles. The van der Waals surface area contributed by atoms with Gasteiger partial charge < -0.3 is 10.4 Å². The van der Waals surface area contributed by atoms with Crippen molar-refractivity contribution < 1.29 is 14.7 Å². The molecule has 0 radical (unpaired) electrons. The quantitative estimate of drug-likeness (QED) is 0.838. The number of nitrogens with one attached hydrogen (secondary N) is 1. The van der Waals surface area contributed by atoms with Crippen LogP contribution in [0.25, 0.3) is 0 Å². The Morgan fingerprint density at radius 1 is 1.15 bits per heavy atom. The summed E-state index contributed by atoms with van der Waals surface area (Å²) in [5.74, 6) is -1.04. The summed E-state index contributed by atoms with van der Waals surface area (Å²) in [6.07, 6.45) is 4.77. The number of carboxylic acid groups (broad SMARTS) is 1. The van der Waals surface area contributed by atoms with Crippen LogP contribution in [-0.2, 0) is 4.79 Å². The first-order valence-corrected chi connectivity index (χ1v) is 8.00. The van der Waals surface area contributed by atoms with Crippen molar-refractivity contribution in [3.8, 4) is 0 Å². The lowest BCUT2D eigenvalue weighted by atomic mass is 9.86. The number of rotatable bonds is 4. The van der Waals surface area contributed by atoms with Crippen molar-refractivity contribution in [1.29, 1.82) is 0 Å². The number of benzene rings is 1. The monoisotopic (exact) mass is 293 g/mol. The van der Waals surface area contributed by atoms with E-state index in [2.05, 4.69) is 5.32 Å². The molecule has 0 aromatic heterocycles. The van der Waals surface area contributed by atoms with Crippen LogP contribution in [0.2, 0.25) is 0 Å². The van der Waals surface area contributed by atoms with Gasteiger partial charge in [-0.2, -0.15) is 0 Å². The van der Waals surface area contributed by atoms with E-state index in [-0.39, 0.29) is 17.9 Å². The highest BCUT2D eigenvalue weighted by Crippen LogP contribution is 2.24. The van der Waals surface area contributed by atoms with Crippen LogP contribution in [0.3, 0.4) is 0 Å². The Bertz CT molecular complexity index is 478. The summed E-state index contributed by atoms with van der Waals surface area (Å²) in [5.41, 5.74) is 0.656. The predicted molar refractivity (Wildman–Crippen MR) is 79.1 cm³/mol. The van der Waals surface area contributed by atoms with Crippen molar-refractivity contribution in [2.45, 2.75) is 36.6 Å². The van der Waals surface area contributed by atoms with Gasteiger partial charge in [0, 0.05) is 16.5 Å². The van der Waals surface area contributed by atoms with Gasteiger partial charge in [-0.1, -0.05) is 0 Å². The molecule has 1 saturated carbocycles. The first-order valence-electron chi connectivity index (χ1n) is 6.78. The molecule has 0 atom stereocenters. The zero-order chi connectivity index (χ0) is 14.5. The SMILES string of the molecule is CSc1ccc(C(=O)NC2CCC(C(=O)O)CC2)cc1. The normalized spacial score (nSPS) is 22.2. The third-order valence-corrected chi connectivity index (χ3v) is 4.51. The number of aliphatic carboxylic acids is 1. The molecule has 20 heavy (non-hydrogen) atoms. The summed E-state index contributed by atoms with van der Waals surface area (Å²) in [7, 11) is 0. The van der Waals surface area contributed by atoms with Gasteiger partial charge in [0.2, 0.25) is 0 Å². The maximum Gasteiger partial charge on any atom is 0.306 e. The summed E-state index contributed by atoms with van der Waals surface area (Å²) in [6, 6.07) is 7.61. The largest absolute Gasteiger partial charge is 0.481 e. The van der Waals surface area contributed by atoms with Crippen LogP contribution in [-0.4, -0.2) is 29.3 Å². The lowest BCUT2D eigenvalue weighted by Gasteiger charge is -2.26. The summed E-state index contributed by atoms with van der Waals surface area (Å²) in [5, 5.41) is 11.9. The maximum absolute atomic E-state index is 12.1. The molecule has 1 aliphatic carbocycles. The molecule has 1 amide bonds. The first-order chi connectivity index (χ1) is 9.60. The molecule has 0 heterocycles. The van der Waals surface area contributed by atoms with Crippen LogP contribution in [0.1, 0.15) is 36.0 Å². The zero-order valence-electron chi connectivity index (χ0n) is 11.5. The lowest BCUT2D eigenvalue weighted by Crippen LogP contribution is -2.38. The fourth-order valence-corrected chi connectivity index (χ4v) is 2.90. The molecule has 0 unspecified atom stereocenters. The van der Waals surface area contributed by atoms with Gasteiger partial charge >= 0.3 is 5.97 Å². The fourth-order valence-electron chi connectivity index (χ4n) is 2.50. The number of amides is 1. The Labute approximate surface area is 123 Å². The van der Waals surface area contributed by atoms with Crippen LogP contribution in [0.4, 0.5) is 0 Å². The van der Waals surface area contributed by atoms with Gasteiger partial charge in [-0.3, -0.25) is 9.59 Å². The molecule has 108 valence electrons. The van der Waals surface area contributed by atoms with Crippen molar-refractivity contribution in [2.75, 3.05) is 6.26 Å². The number of hydrogen-bond donors (Lipinski definition) is 2. The van der Waals surface area contributed by atoms with Crippen molar-refractivity contribution >= 4 is 23.6 Å². The molecular weight excluding hydrogens is 274 g/mol. The molecule has 2 rings (SSSR count). The summed E-state index contributed by atoms with van der Waals surface area (Å²) in [6.45, 7) is 0. The minimum absolute atomic E-state index is 0.0728. The van der Waals surface area contributed by atoms with E-state index in [1.165, 1.54) is 0 Å². The molecule has 0 aliphatic heterocycles. The molecule has 1 aromatic carbocycles. The van der Waals surface area contributed by atoms with Crippen molar-refractivity contribution in [3.05, 3.63) is 29.8 Å². The molecule has 0 bridgehead atoms. The standard InChI is InChI=1S/C15H19NO3S/c1-20-13-8-4-10(5-9-13)14(17)16-12-6-2-11(3-7-12)15(18)19/h4-5,8-9,11-12H,2-3,6-7H2,1H3,(H,16,17)(H,18,19). The number of thioether (sulfide) groups is 1. The third kappa shape index (κ3) is 3.76. The number of carboxylic acids is 1. The highest BCUT2D eigenvalue weighted by Gasteiger charge is 2.26. The average Bonchev–Trinajstić information content (AvgIpc) is 2.48. The molecule has 0 spiro atoms. The maximum atomic E-state index is 12.1. The van der Waals surface area contributed by atoms with Gasteiger partial charge in [0.1, 0.15) is 0 Å². The van der Waals surface area contributed by atoms with E-state index in [9.17, 15) is 9.59 Å². The molecule has 1 fully saturated rings. The van der Waals surface area contributed by atoms with Crippen molar-refractivity contribution in [2.24, 2.45) is 5.92 Å². The Morgan fingerprint density at radius 3 is 2.25 bits per heavy atom. The van der Waals surface area contributed by atoms with Gasteiger partial charge in [-0.05, 0) is 56.2 Å². The van der Waals surface area contributed by atoms with Gasteiger partial charge in [0.15, 0.2) is 0 Å². The van der Waals surface area contributed by atoms with Crippen LogP contribution in [0.5, 0.6) is 0 Å². The van der Waals surface area contributed by atoms with Crippen LogP contribution in [0, 0.1) is 5.92 Å². The van der Waals surface area contributed by atoms with Gasteiger partial charge in [-0.15, -0.1) is 11.8 Å². The van der Waals surface area contributed by atoms with Crippen molar-refractivity contribution in [3.63, 3.8) is 0 Å². The minimum Gasteiger partial charge on any atom is -0.481 e. The highest BCUT2D eigenvalue weighted by molar-refractivity contribution is 7.98. The highest BCUT2D eigenvalue weighted by atomic mass is 32.2. The second-order valence-corrected chi connectivity index (χ2v) is 5.97. The summed E-state index contributed by atoms with van der Waals surface area (Å²) < 4.78 is 0. The van der Waals surface area contributed by atoms with E-state index < -0.39 is 5.97 Å². The second-order valence-electron chi connectivity index (χ2n) is 5.09. The molecule has 1 aliphatic rings. The Kier molecular flexibility index (Phi) is 5.06. The fraction of sp³-hybridized carbons (Fsp3) is 0.467. The third-order valence-electron chi connectivity index (χ3n) is 3.76. The smallest absolute Gasteiger partial charge is 0.306 e.